The van der Waals surface area contributed by atoms with Crippen molar-refractivity contribution in [3.8, 4) is 22.8 Å². The van der Waals surface area contributed by atoms with E-state index in [-0.39, 0.29) is 5.56 Å². The number of ether oxygens (including phenoxy) is 2. The van der Waals surface area contributed by atoms with E-state index in [0.717, 1.165) is 22.6 Å². The van der Waals surface area contributed by atoms with Gasteiger partial charge in [-0.2, -0.15) is 9.50 Å². The van der Waals surface area contributed by atoms with Crippen LogP contribution in [0, 0.1) is 6.92 Å². The molecule has 0 radical (unpaired) electrons. The number of para-hydroxylation sites is 1. The van der Waals surface area contributed by atoms with Gasteiger partial charge in [-0.3, -0.25) is 4.79 Å². The smallest absolute Gasteiger partial charge is 0.262 e. The lowest BCUT2D eigenvalue weighted by Crippen LogP contribution is -2.22. The molecule has 0 saturated heterocycles. The van der Waals surface area contributed by atoms with Crippen molar-refractivity contribution in [3.05, 3.63) is 82.5 Å². The Kier molecular flexibility index (Phi) is 4.82. The predicted octanol–water partition coefficient (Wildman–Crippen LogP) is 3.48. The molecule has 0 fully saturated rings. The van der Waals surface area contributed by atoms with Gasteiger partial charge >= 0.3 is 0 Å². The molecule has 8 heteroatoms. The van der Waals surface area contributed by atoms with Gasteiger partial charge in [0.1, 0.15) is 17.3 Å². The van der Waals surface area contributed by atoms with E-state index in [9.17, 15) is 4.79 Å². The fourth-order valence-corrected chi connectivity index (χ4v) is 3.88. The Hall–Kier alpha value is -4.20. The van der Waals surface area contributed by atoms with Crippen molar-refractivity contribution >= 4 is 16.7 Å². The molecule has 5 aromatic rings. The quantitative estimate of drug-likeness (QED) is 0.427. The summed E-state index contributed by atoms with van der Waals surface area (Å²) in [6, 6.07) is 17.0. The number of hydrogen-bond donors (Lipinski definition) is 0. The first-order valence-electron chi connectivity index (χ1n) is 10.1. The van der Waals surface area contributed by atoms with Crippen LogP contribution in [0.2, 0.25) is 0 Å². The average Bonchev–Trinajstić information content (AvgIpc) is 3.19. The lowest BCUT2D eigenvalue weighted by Gasteiger charge is -2.13. The molecule has 0 unspecified atom stereocenters. The summed E-state index contributed by atoms with van der Waals surface area (Å²) in [6.45, 7) is 2.17. The molecule has 2 aromatic carbocycles. The maximum Gasteiger partial charge on any atom is 0.262 e. The largest absolute Gasteiger partial charge is 0.497 e. The minimum Gasteiger partial charge on any atom is -0.497 e. The van der Waals surface area contributed by atoms with Crippen LogP contribution in [0.3, 0.4) is 0 Å². The highest BCUT2D eigenvalue weighted by Gasteiger charge is 2.18. The number of fused-ring (bicyclic) bond motifs is 2. The second-order valence-electron chi connectivity index (χ2n) is 7.38. The van der Waals surface area contributed by atoms with Crippen LogP contribution in [0.4, 0.5) is 0 Å². The molecule has 5 rings (SSSR count). The maximum atomic E-state index is 13.7. The number of benzene rings is 2. The Morgan fingerprint density at radius 1 is 0.938 bits per heavy atom. The number of aromatic nitrogens is 5. The third-order valence-electron chi connectivity index (χ3n) is 5.40. The minimum atomic E-state index is -0.165. The van der Waals surface area contributed by atoms with Gasteiger partial charge in [-0.05, 0) is 43.3 Å². The van der Waals surface area contributed by atoms with E-state index in [4.69, 9.17) is 9.47 Å². The SMILES string of the molecule is COc1ccc(-c2c3c(=O)n(Cc4ccccc4OC)ccc3nc3nc(C)nn23)cc1. The van der Waals surface area contributed by atoms with Gasteiger partial charge in [0.15, 0.2) is 0 Å². The number of nitrogens with zero attached hydrogens (tertiary/aromatic N) is 5. The second kappa shape index (κ2) is 7.81. The van der Waals surface area contributed by atoms with E-state index in [0.29, 0.717) is 34.7 Å². The van der Waals surface area contributed by atoms with E-state index in [2.05, 4.69) is 15.1 Å². The van der Waals surface area contributed by atoms with Crippen LogP contribution in [0.15, 0.2) is 65.6 Å². The van der Waals surface area contributed by atoms with Crippen LogP contribution in [0.5, 0.6) is 11.5 Å². The van der Waals surface area contributed by atoms with Gasteiger partial charge in [0.2, 0.25) is 0 Å². The van der Waals surface area contributed by atoms with Crippen molar-refractivity contribution in [1.82, 2.24) is 24.1 Å². The molecule has 0 bridgehead atoms. The molecule has 32 heavy (non-hydrogen) atoms. The fraction of sp³-hybridized carbons (Fsp3) is 0.167. The van der Waals surface area contributed by atoms with Gasteiger partial charge in [-0.15, -0.1) is 5.10 Å². The van der Waals surface area contributed by atoms with E-state index >= 15 is 0 Å². The zero-order valence-corrected chi connectivity index (χ0v) is 17.9. The van der Waals surface area contributed by atoms with Crippen molar-refractivity contribution in [2.75, 3.05) is 14.2 Å². The van der Waals surface area contributed by atoms with Gasteiger partial charge in [0, 0.05) is 17.3 Å². The summed E-state index contributed by atoms with van der Waals surface area (Å²) in [5.41, 5.74) is 2.78. The van der Waals surface area contributed by atoms with Gasteiger partial charge in [-0.25, -0.2) is 4.98 Å². The molecule has 3 heterocycles. The average molecular weight is 427 g/mol. The molecule has 0 amide bonds. The molecule has 0 saturated carbocycles. The summed E-state index contributed by atoms with van der Waals surface area (Å²) < 4.78 is 14.0. The number of hydrogen-bond acceptors (Lipinski definition) is 6. The molecular formula is C24H21N5O3. The Morgan fingerprint density at radius 3 is 2.47 bits per heavy atom. The normalized spacial score (nSPS) is 11.2. The molecule has 0 atom stereocenters. The van der Waals surface area contributed by atoms with Crippen LogP contribution < -0.4 is 15.0 Å². The van der Waals surface area contributed by atoms with E-state index in [1.54, 1.807) is 36.4 Å². The zero-order valence-electron chi connectivity index (χ0n) is 17.9. The third-order valence-corrected chi connectivity index (χ3v) is 5.40. The fourth-order valence-electron chi connectivity index (χ4n) is 3.88. The molecular weight excluding hydrogens is 406 g/mol. The molecule has 8 nitrogen and oxygen atoms in total. The Labute approximate surface area is 183 Å². The van der Waals surface area contributed by atoms with Crippen LogP contribution in [0.25, 0.3) is 27.9 Å². The van der Waals surface area contributed by atoms with Crippen LogP contribution in [0.1, 0.15) is 11.4 Å². The summed E-state index contributed by atoms with van der Waals surface area (Å²) >= 11 is 0. The van der Waals surface area contributed by atoms with Gasteiger partial charge in [0.05, 0.1) is 37.4 Å². The molecule has 0 aliphatic heterocycles. The van der Waals surface area contributed by atoms with Crippen molar-refractivity contribution in [2.24, 2.45) is 0 Å². The first kappa shape index (κ1) is 19.7. The molecule has 0 spiro atoms. The van der Waals surface area contributed by atoms with Crippen molar-refractivity contribution in [1.29, 1.82) is 0 Å². The van der Waals surface area contributed by atoms with Crippen molar-refractivity contribution < 1.29 is 9.47 Å². The molecule has 160 valence electrons. The highest BCUT2D eigenvalue weighted by atomic mass is 16.5. The third kappa shape index (κ3) is 3.26. The summed E-state index contributed by atoms with van der Waals surface area (Å²) in [4.78, 5) is 22.7. The van der Waals surface area contributed by atoms with E-state index in [1.807, 2.05) is 54.6 Å². The highest BCUT2D eigenvalue weighted by molar-refractivity contribution is 5.93. The highest BCUT2D eigenvalue weighted by Crippen LogP contribution is 2.28. The zero-order chi connectivity index (χ0) is 22.2. The Morgan fingerprint density at radius 2 is 1.72 bits per heavy atom. The molecule has 0 aliphatic carbocycles. The van der Waals surface area contributed by atoms with Crippen LogP contribution in [-0.4, -0.2) is 38.4 Å². The molecule has 3 aromatic heterocycles. The number of pyridine rings is 1. The van der Waals surface area contributed by atoms with Crippen molar-refractivity contribution in [2.45, 2.75) is 13.5 Å². The number of rotatable bonds is 5. The monoisotopic (exact) mass is 427 g/mol. The standard InChI is InChI=1S/C24H21N5O3/c1-15-25-24-26-19-12-13-28(14-17-6-4-5-7-20(17)32-3)23(30)21(19)22(29(24)27-15)16-8-10-18(31-2)11-9-16/h4-13H,14H2,1-3H3. The van der Waals surface area contributed by atoms with Gasteiger partial charge in [-0.1, -0.05) is 18.2 Å². The predicted molar refractivity (Wildman–Crippen MR) is 121 cm³/mol. The Bertz CT molecular complexity index is 1500. The van der Waals surface area contributed by atoms with Gasteiger partial charge in [0.25, 0.3) is 11.3 Å². The van der Waals surface area contributed by atoms with Crippen molar-refractivity contribution in [3.63, 3.8) is 0 Å². The molecule has 0 N–H and O–H groups in total. The number of methoxy groups -OCH3 is 2. The summed E-state index contributed by atoms with van der Waals surface area (Å²) in [5, 5.41) is 4.98. The first-order valence-corrected chi connectivity index (χ1v) is 10.1. The maximum absolute atomic E-state index is 13.7. The first-order chi connectivity index (χ1) is 15.6. The summed E-state index contributed by atoms with van der Waals surface area (Å²) in [6.07, 6.45) is 1.75. The van der Waals surface area contributed by atoms with Crippen LogP contribution in [-0.2, 0) is 6.54 Å². The molecule has 0 aliphatic rings. The van der Waals surface area contributed by atoms with E-state index in [1.165, 1.54) is 0 Å². The number of aryl methyl sites for hydroxylation is 1. The summed E-state index contributed by atoms with van der Waals surface area (Å²) in [7, 11) is 3.24. The Balaban J connectivity index is 1.78. The van der Waals surface area contributed by atoms with Crippen LogP contribution >= 0.6 is 0 Å². The lowest BCUT2D eigenvalue weighted by atomic mass is 10.1. The van der Waals surface area contributed by atoms with Gasteiger partial charge < -0.3 is 14.0 Å². The lowest BCUT2D eigenvalue weighted by molar-refractivity contribution is 0.408. The van der Waals surface area contributed by atoms with E-state index < -0.39 is 0 Å². The minimum absolute atomic E-state index is 0.165. The second-order valence-corrected chi connectivity index (χ2v) is 7.38. The topological polar surface area (TPSA) is 83.5 Å². The summed E-state index contributed by atoms with van der Waals surface area (Å²) in [5.74, 6) is 2.49.